The van der Waals surface area contributed by atoms with Crippen LogP contribution in [0.3, 0.4) is 0 Å². The van der Waals surface area contributed by atoms with Crippen LogP contribution in [0.4, 0.5) is 5.69 Å². The van der Waals surface area contributed by atoms with Crippen molar-refractivity contribution in [3.8, 4) is 11.5 Å². The van der Waals surface area contributed by atoms with Crippen LogP contribution >= 0.6 is 15.9 Å². The predicted molar refractivity (Wildman–Crippen MR) is 112 cm³/mol. The molecule has 0 aromatic heterocycles. The number of para-hydroxylation sites is 1. The van der Waals surface area contributed by atoms with E-state index in [-0.39, 0.29) is 30.4 Å². The van der Waals surface area contributed by atoms with Crippen molar-refractivity contribution in [2.24, 2.45) is 5.10 Å². The van der Waals surface area contributed by atoms with E-state index < -0.39 is 0 Å². The molecule has 2 amide bonds. The summed E-state index contributed by atoms with van der Waals surface area (Å²) in [5.41, 5.74) is 4.69. The fourth-order valence-electron chi connectivity index (χ4n) is 2.32. The lowest BCUT2D eigenvalue weighted by atomic mass is 10.2. The van der Waals surface area contributed by atoms with Crippen molar-refractivity contribution in [2.75, 3.05) is 11.9 Å². The van der Waals surface area contributed by atoms with Gasteiger partial charge in [-0.25, -0.2) is 5.43 Å². The zero-order valence-corrected chi connectivity index (χ0v) is 17.2. The summed E-state index contributed by atoms with van der Waals surface area (Å²) < 4.78 is 5.79. The van der Waals surface area contributed by atoms with Crippen molar-refractivity contribution in [2.45, 2.75) is 26.7 Å². The molecule has 0 aliphatic heterocycles. The predicted octanol–water partition coefficient (Wildman–Crippen LogP) is 3.73. The van der Waals surface area contributed by atoms with Crippen LogP contribution in [-0.2, 0) is 9.59 Å². The number of phenols is 1. The molecule has 0 atom stereocenters. The number of anilines is 1. The van der Waals surface area contributed by atoms with Crippen LogP contribution in [0.2, 0.25) is 0 Å². The van der Waals surface area contributed by atoms with E-state index in [0.29, 0.717) is 22.4 Å². The maximum atomic E-state index is 12.0. The first-order valence-corrected chi connectivity index (χ1v) is 9.52. The summed E-state index contributed by atoms with van der Waals surface area (Å²) in [5, 5.41) is 16.5. The number of hydrogen-bond acceptors (Lipinski definition) is 5. The summed E-state index contributed by atoms with van der Waals surface area (Å²) in [5.74, 6) is -0.295. The fourth-order valence-corrected chi connectivity index (χ4v) is 2.78. The molecular weight excluding hydrogens is 426 g/mol. The van der Waals surface area contributed by atoms with Crippen LogP contribution < -0.4 is 15.5 Å². The number of ether oxygens (including phenoxy) is 1. The standard InChI is InChI=1S/C20H22BrN3O4/c1-3-28-17-11-14(10-15(21)20(17)27)12-22-24-19(26)9-8-18(25)23-16-7-5-4-6-13(16)2/h4-7,10-12,27H,3,8-9H2,1-2H3,(H,23,25)(H,24,26)/b22-12+. The molecule has 148 valence electrons. The molecule has 2 rings (SSSR count). The Morgan fingerprint density at radius 1 is 1.21 bits per heavy atom. The molecule has 0 aliphatic rings. The molecule has 2 aromatic carbocycles. The molecule has 7 nitrogen and oxygen atoms in total. The van der Waals surface area contributed by atoms with Gasteiger partial charge >= 0.3 is 0 Å². The van der Waals surface area contributed by atoms with Gasteiger partial charge in [-0.1, -0.05) is 18.2 Å². The Balaban J connectivity index is 1.83. The van der Waals surface area contributed by atoms with E-state index >= 15 is 0 Å². The second kappa shape index (κ2) is 10.5. The van der Waals surface area contributed by atoms with Crippen LogP contribution in [0, 0.1) is 6.92 Å². The number of amides is 2. The van der Waals surface area contributed by atoms with Gasteiger partial charge in [0.05, 0.1) is 17.3 Å². The van der Waals surface area contributed by atoms with Crippen molar-refractivity contribution in [1.82, 2.24) is 5.43 Å². The Morgan fingerprint density at radius 2 is 1.93 bits per heavy atom. The van der Waals surface area contributed by atoms with Crippen molar-refractivity contribution < 1.29 is 19.4 Å². The fraction of sp³-hybridized carbons (Fsp3) is 0.250. The number of benzene rings is 2. The first-order chi connectivity index (χ1) is 13.4. The minimum atomic E-state index is -0.376. The van der Waals surface area contributed by atoms with Gasteiger partial charge in [-0.2, -0.15) is 5.10 Å². The number of halogens is 1. The molecule has 0 spiro atoms. The Morgan fingerprint density at radius 3 is 2.64 bits per heavy atom. The van der Waals surface area contributed by atoms with Gasteiger partial charge in [0.25, 0.3) is 0 Å². The van der Waals surface area contributed by atoms with Gasteiger partial charge in [-0.05, 0) is 59.1 Å². The normalized spacial score (nSPS) is 10.7. The molecule has 3 N–H and O–H groups in total. The third kappa shape index (κ3) is 6.38. The molecule has 0 saturated heterocycles. The smallest absolute Gasteiger partial charge is 0.240 e. The molecule has 0 aliphatic carbocycles. The van der Waals surface area contributed by atoms with E-state index in [1.54, 1.807) is 12.1 Å². The van der Waals surface area contributed by atoms with Crippen molar-refractivity contribution in [1.29, 1.82) is 0 Å². The summed E-state index contributed by atoms with van der Waals surface area (Å²) in [6, 6.07) is 10.7. The number of nitrogens with one attached hydrogen (secondary N) is 2. The molecule has 28 heavy (non-hydrogen) atoms. The first kappa shape index (κ1) is 21.4. The topological polar surface area (TPSA) is 100 Å². The number of phenolic OH excluding ortho intramolecular Hbond substituents is 1. The number of aromatic hydroxyl groups is 1. The van der Waals surface area contributed by atoms with E-state index in [1.807, 2.05) is 38.1 Å². The maximum Gasteiger partial charge on any atom is 0.240 e. The lowest BCUT2D eigenvalue weighted by Gasteiger charge is -2.08. The Labute approximate surface area is 171 Å². The zero-order valence-electron chi connectivity index (χ0n) is 15.7. The van der Waals surface area contributed by atoms with Crippen LogP contribution in [0.1, 0.15) is 30.9 Å². The number of aryl methyl sites for hydroxylation is 1. The third-order valence-corrected chi connectivity index (χ3v) is 4.36. The molecule has 0 fully saturated rings. The van der Waals surface area contributed by atoms with Gasteiger partial charge in [0.2, 0.25) is 11.8 Å². The number of hydrazone groups is 1. The van der Waals surface area contributed by atoms with Gasteiger partial charge in [0, 0.05) is 18.5 Å². The van der Waals surface area contributed by atoms with E-state index in [1.165, 1.54) is 6.21 Å². The largest absolute Gasteiger partial charge is 0.503 e. The minimum absolute atomic E-state index is 0.00250. The molecule has 0 unspecified atom stereocenters. The zero-order chi connectivity index (χ0) is 20.5. The molecule has 8 heteroatoms. The van der Waals surface area contributed by atoms with Crippen molar-refractivity contribution in [3.63, 3.8) is 0 Å². The highest BCUT2D eigenvalue weighted by Crippen LogP contribution is 2.35. The summed E-state index contributed by atoms with van der Waals surface area (Å²) in [6.45, 7) is 4.11. The van der Waals surface area contributed by atoms with E-state index in [4.69, 9.17) is 4.74 Å². The highest BCUT2D eigenvalue weighted by atomic mass is 79.9. The third-order valence-electron chi connectivity index (χ3n) is 3.75. The Kier molecular flexibility index (Phi) is 8.01. The van der Waals surface area contributed by atoms with Crippen LogP contribution in [0.25, 0.3) is 0 Å². The first-order valence-electron chi connectivity index (χ1n) is 8.73. The molecule has 0 radical (unpaired) electrons. The summed E-state index contributed by atoms with van der Waals surface area (Å²) in [7, 11) is 0. The lowest BCUT2D eigenvalue weighted by molar-refractivity contribution is -0.124. The Bertz CT molecular complexity index is 884. The van der Waals surface area contributed by atoms with Crippen molar-refractivity contribution >= 4 is 39.6 Å². The summed E-state index contributed by atoms with van der Waals surface area (Å²) in [6.07, 6.45) is 1.49. The van der Waals surface area contributed by atoms with E-state index in [9.17, 15) is 14.7 Å². The second-order valence-corrected chi connectivity index (χ2v) is 6.79. The maximum absolute atomic E-state index is 12.0. The lowest BCUT2D eigenvalue weighted by Crippen LogP contribution is -2.20. The number of hydrogen-bond donors (Lipinski definition) is 3. The average molecular weight is 448 g/mol. The second-order valence-electron chi connectivity index (χ2n) is 5.94. The minimum Gasteiger partial charge on any atom is -0.503 e. The van der Waals surface area contributed by atoms with Gasteiger partial charge in [-0.15, -0.1) is 0 Å². The Hall–Kier alpha value is -2.87. The average Bonchev–Trinajstić information content (AvgIpc) is 2.66. The number of rotatable bonds is 8. The van der Waals surface area contributed by atoms with Gasteiger partial charge in [0.1, 0.15) is 0 Å². The van der Waals surface area contributed by atoms with Crippen LogP contribution in [-0.4, -0.2) is 29.7 Å². The van der Waals surface area contributed by atoms with Gasteiger partial charge < -0.3 is 15.2 Å². The SMILES string of the molecule is CCOc1cc(/C=N/NC(=O)CCC(=O)Nc2ccccc2C)cc(Br)c1O. The summed E-state index contributed by atoms with van der Waals surface area (Å²) in [4.78, 5) is 23.8. The molecular formula is C20H22BrN3O4. The summed E-state index contributed by atoms with van der Waals surface area (Å²) >= 11 is 3.24. The molecule has 0 heterocycles. The van der Waals surface area contributed by atoms with Gasteiger partial charge in [-0.3, -0.25) is 9.59 Å². The van der Waals surface area contributed by atoms with Crippen LogP contribution in [0.15, 0.2) is 46.0 Å². The highest BCUT2D eigenvalue weighted by molar-refractivity contribution is 9.10. The molecule has 0 saturated carbocycles. The quantitative estimate of drug-likeness (QED) is 0.423. The van der Waals surface area contributed by atoms with Crippen LogP contribution in [0.5, 0.6) is 11.5 Å². The van der Waals surface area contributed by atoms with Crippen molar-refractivity contribution in [3.05, 3.63) is 52.0 Å². The monoisotopic (exact) mass is 447 g/mol. The number of carbonyl (C=O) groups excluding carboxylic acids is 2. The van der Waals surface area contributed by atoms with Gasteiger partial charge in [0.15, 0.2) is 11.5 Å². The molecule has 2 aromatic rings. The van der Waals surface area contributed by atoms with E-state index in [0.717, 1.165) is 11.3 Å². The highest BCUT2D eigenvalue weighted by Gasteiger charge is 2.09. The number of nitrogens with zero attached hydrogens (tertiary/aromatic N) is 1. The number of carbonyl (C=O) groups is 2. The molecule has 0 bridgehead atoms. The van der Waals surface area contributed by atoms with E-state index in [2.05, 4.69) is 31.8 Å².